The first kappa shape index (κ1) is 19.5. The Morgan fingerprint density at radius 2 is 1.93 bits per heavy atom. The lowest BCUT2D eigenvalue weighted by Gasteiger charge is -2.23. The highest BCUT2D eigenvalue weighted by atomic mass is 32.1. The fourth-order valence-corrected chi connectivity index (χ4v) is 4.63. The number of thiophene rings is 1. The Balaban J connectivity index is 1.81. The van der Waals surface area contributed by atoms with Crippen molar-refractivity contribution in [2.75, 3.05) is 6.54 Å². The van der Waals surface area contributed by atoms with Crippen LogP contribution in [0.15, 0.2) is 23.6 Å². The summed E-state index contributed by atoms with van der Waals surface area (Å²) in [6.45, 7) is 8.31. The van der Waals surface area contributed by atoms with E-state index < -0.39 is 5.41 Å². The van der Waals surface area contributed by atoms with Gasteiger partial charge in [0.25, 0.3) is 0 Å². The molecule has 2 amide bonds. The van der Waals surface area contributed by atoms with Gasteiger partial charge >= 0.3 is 0 Å². The van der Waals surface area contributed by atoms with Crippen LogP contribution in [0.2, 0.25) is 0 Å². The monoisotopic (exact) mass is 386 g/mol. The van der Waals surface area contributed by atoms with Crippen molar-refractivity contribution in [1.29, 1.82) is 0 Å². The lowest BCUT2D eigenvalue weighted by atomic mass is 9.81. The van der Waals surface area contributed by atoms with Gasteiger partial charge in [0.1, 0.15) is 0 Å². The van der Waals surface area contributed by atoms with E-state index in [1.54, 1.807) is 11.3 Å². The van der Waals surface area contributed by atoms with Gasteiger partial charge in [0, 0.05) is 28.2 Å². The number of hydrogen-bond acceptors (Lipinski definition) is 4. The van der Waals surface area contributed by atoms with E-state index in [0.717, 1.165) is 17.9 Å². The number of carbonyl (C=O) groups excluding carboxylic acids is 3. The summed E-state index contributed by atoms with van der Waals surface area (Å²) in [5.41, 5.74) is 1.84. The van der Waals surface area contributed by atoms with Gasteiger partial charge in [0.05, 0.1) is 18.5 Å². The molecule has 0 radical (unpaired) electrons. The Bertz CT molecular complexity index is 876. The number of carbonyl (C=O) groups is 3. The molecule has 5 nitrogen and oxygen atoms in total. The Morgan fingerprint density at radius 1 is 1.22 bits per heavy atom. The minimum atomic E-state index is -0.632. The molecule has 1 aliphatic rings. The summed E-state index contributed by atoms with van der Waals surface area (Å²) in [6.07, 6.45) is 1.45. The molecule has 144 valence electrons. The maximum Gasteiger partial charge on any atom is 0.236 e. The first-order valence-corrected chi connectivity index (χ1v) is 10.3. The number of rotatable bonds is 7. The van der Waals surface area contributed by atoms with Crippen molar-refractivity contribution < 1.29 is 14.4 Å². The Kier molecular flexibility index (Phi) is 5.38. The molecule has 0 bridgehead atoms. The van der Waals surface area contributed by atoms with Crippen molar-refractivity contribution in [3.05, 3.63) is 45.4 Å². The quantitative estimate of drug-likeness (QED) is 0.534. The van der Waals surface area contributed by atoms with Gasteiger partial charge in [-0.3, -0.25) is 19.3 Å². The average Bonchev–Trinajstić information content (AvgIpc) is 3.32. The highest BCUT2D eigenvalue weighted by Crippen LogP contribution is 2.39. The molecule has 3 rings (SSSR count). The molecule has 0 N–H and O–H groups in total. The molecule has 0 spiro atoms. The number of imide groups is 1. The second-order valence-electron chi connectivity index (χ2n) is 7.32. The van der Waals surface area contributed by atoms with Gasteiger partial charge in [-0.1, -0.05) is 19.9 Å². The summed E-state index contributed by atoms with van der Waals surface area (Å²) >= 11 is 1.68. The van der Waals surface area contributed by atoms with Crippen molar-refractivity contribution in [2.45, 2.75) is 53.5 Å². The predicted molar refractivity (Wildman–Crippen MR) is 106 cm³/mol. The van der Waals surface area contributed by atoms with Crippen LogP contribution in [-0.2, 0) is 16.1 Å². The van der Waals surface area contributed by atoms with Crippen LogP contribution in [-0.4, -0.2) is 33.6 Å². The summed E-state index contributed by atoms with van der Waals surface area (Å²) in [5.74, 6) is -0.604. The largest absolute Gasteiger partial charge is 0.343 e. The van der Waals surface area contributed by atoms with Crippen LogP contribution in [0.25, 0.3) is 0 Å². The average molecular weight is 387 g/mol. The fourth-order valence-electron chi connectivity index (χ4n) is 3.94. The van der Waals surface area contributed by atoms with E-state index in [2.05, 4.69) is 10.6 Å². The third-order valence-electron chi connectivity index (χ3n) is 5.91. The SMILES string of the molecule is CCC1(CC)CC(=O)N(CC(=O)c2cc(C)n(Cc3cccs3)c2C)C1=O. The van der Waals surface area contributed by atoms with Crippen LogP contribution in [0.3, 0.4) is 0 Å². The van der Waals surface area contributed by atoms with E-state index >= 15 is 0 Å². The Morgan fingerprint density at radius 3 is 2.48 bits per heavy atom. The summed E-state index contributed by atoms with van der Waals surface area (Å²) in [6, 6.07) is 5.95. The van der Waals surface area contributed by atoms with Gasteiger partial charge in [0.2, 0.25) is 11.8 Å². The fraction of sp³-hybridized carbons (Fsp3) is 0.476. The minimum Gasteiger partial charge on any atom is -0.343 e. The summed E-state index contributed by atoms with van der Waals surface area (Å²) in [7, 11) is 0. The highest BCUT2D eigenvalue weighted by Gasteiger charge is 2.49. The van der Waals surface area contributed by atoms with Gasteiger partial charge in [-0.2, -0.15) is 0 Å². The number of amides is 2. The molecule has 0 unspecified atom stereocenters. The Labute approximate surface area is 164 Å². The number of ketones is 1. The number of nitrogens with zero attached hydrogens (tertiary/aromatic N) is 2. The zero-order valence-electron chi connectivity index (χ0n) is 16.4. The number of hydrogen-bond donors (Lipinski definition) is 0. The molecular weight excluding hydrogens is 360 g/mol. The highest BCUT2D eigenvalue weighted by molar-refractivity contribution is 7.09. The summed E-state index contributed by atoms with van der Waals surface area (Å²) < 4.78 is 2.11. The van der Waals surface area contributed by atoms with Crippen molar-refractivity contribution >= 4 is 28.9 Å². The molecule has 0 saturated carbocycles. The molecule has 6 heteroatoms. The van der Waals surface area contributed by atoms with Gasteiger partial charge in [-0.15, -0.1) is 11.3 Å². The van der Waals surface area contributed by atoms with Crippen LogP contribution < -0.4 is 0 Å². The van der Waals surface area contributed by atoms with E-state index in [9.17, 15) is 14.4 Å². The normalized spacial score (nSPS) is 16.4. The smallest absolute Gasteiger partial charge is 0.236 e. The van der Waals surface area contributed by atoms with Crippen molar-refractivity contribution in [1.82, 2.24) is 9.47 Å². The van der Waals surface area contributed by atoms with E-state index in [1.807, 2.05) is 45.2 Å². The summed E-state index contributed by atoms with van der Waals surface area (Å²) in [4.78, 5) is 40.5. The molecule has 0 atom stereocenters. The zero-order valence-corrected chi connectivity index (χ0v) is 17.2. The van der Waals surface area contributed by atoms with Crippen LogP contribution in [0, 0.1) is 19.3 Å². The molecule has 2 aromatic rings. The van der Waals surface area contributed by atoms with Crippen LogP contribution in [0.5, 0.6) is 0 Å². The standard InChI is InChI=1S/C21H26N2O3S/c1-5-21(6-2)11-19(25)23(20(21)26)13-18(24)17-10-14(3)22(15(17)4)12-16-8-7-9-27-16/h7-10H,5-6,11-13H2,1-4H3. The molecule has 3 heterocycles. The minimum absolute atomic E-state index is 0.164. The van der Waals surface area contributed by atoms with Gasteiger partial charge in [-0.05, 0) is 44.2 Å². The van der Waals surface area contributed by atoms with Gasteiger partial charge in [-0.25, -0.2) is 0 Å². The number of likely N-dealkylation sites (tertiary alicyclic amines) is 1. The van der Waals surface area contributed by atoms with E-state index in [-0.39, 0.29) is 30.6 Å². The van der Waals surface area contributed by atoms with Gasteiger partial charge in [0.15, 0.2) is 5.78 Å². The van der Waals surface area contributed by atoms with E-state index in [4.69, 9.17) is 0 Å². The second-order valence-corrected chi connectivity index (χ2v) is 8.35. The predicted octanol–water partition coefficient (Wildman–Crippen LogP) is 3.96. The molecule has 2 aromatic heterocycles. The van der Waals surface area contributed by atoms with Crippen LogP contribution in [0.1, 0.15) is 59.7 Å². The maximum absolute atomic E-state index is 12.9. The van der Waals surface area contributed by atoms with Crippen LogP contribution >= 0.6 is 11.3 Å². The van der Waals surface area contributed by atoms with Crippen molar-refractivity contribution in [3.63, 3.8) is 0 Å². The Hall–Kier alpha value is -2.21. The lowest BCUT2D eigenvalue weighted by molar-refractivity contribution is -0.141. The first-order chi connectivity index (χ1) is 12.8. The van der Waals surface area contributed by atoms with E-state index in [1.165, 1.54) is 9.78 Å². The first-order valence-electron chi connectivity index (χ1n) is 9.40. The van der Waals surface area contributed by atoms with Crippen molar-refractivity contribution in [3.8, 4) is 0 Å². The van der Waals surface area contributed by atoms with Crippen LogP contribution in [0.4, 0.5) is 0 Å². The number of aryl methyl sites for hydroxylation is 1. The lowest BCUT2D eigenvalue weighted by Crippen LogP contribution is -2.38. The van der Waals surface area contributed by atoms with Gasteiger partial charge < -0.3 is 4.57 Å². The number of Topliss-reactive ketones (excluding diaryl/α,β-unsaturated/α-hetero) is 1. The third-order valence-corrected chi connectivity index (χ3v) is 6.77. The molecule has 1 fully saturated rings. The van der Waals surface area contributed by atoms with E-state index in [0.29, 0.717) is 18.4 Å². The summed E-state index contributed by atoms with van der Waals surface area (Å²) in [5, 5.41) is 2.04. The molecular formula is C21H26N2O3S. The zero-order chi connectivity index (χ0) is 19.8. The molecule has 27 heavy (non-hydrogen) atoms. The second kappa shape index (κ2) is 7.43. The molecule has 1 saturated heterocycles. The maximum atomic E-state index is 12.9. The molecule has 1 aliphatic heterocycles. The molecule has 0 aliphatic carbocycles. The molecule has 0 aromatic carbocycles. The third kappa shape index (κ3) is 3.38. The number of aromatic nitrogens is 1. The van der Waals surface area contributed by atoms with Crippen molar-refractivity contribution in [2.24, 2.45) is 5.41 Å². The topological polar surface area (TPSA) is 59.4 Å².